The third-order valence-corrected chi connectivity index (χ3v) is 4.60. The van der Waals surface area contributed by atoms with E-state index in [9.17, 15) is 0 Å². The van der Waals surface area contributed by atoms with E-state index in [0.717, 1.165) is 62.8 Å². The van der Waals surface area contributed by atoms with Crippen LogP contribution in [-0.4, -0.2) is 50.8 Å². The molecule has 1 aromatic heterocycles. The van der Waals surface area contributed by atoms with E-state index in [-0.39, 0.29) is 0 Å². The van der Waals surface area contributed by atoms with Gasteiger partial charge in [0.05, 0.1) is 6.26 Å². The molecule has 2 aliphatic rings. The second-order valence-electron chi connectivity index (χ2n) is 5.92. The first-order chi connectivity index (χ1) is 10.4. The summed E-state index contributed by atoms with van der Waals surface area (Å²) in [5.74, 6) is 3.54. The molecule has 0 bridgehead atoms. The molecular weight excluding hydrogens is 266 g/mol. The average molecular weight is 291 g/mol. The molecular formula is C16H25N3O2. The van der Waals surface area contributed by atoms with E-state index in [0.29, 0.717) is 0 Å². The number of likely N-dealkylation sites (tertiary alicyclic amines) is 1. The van der Waals surface area contributed by atoms with Crippen LogP contribution in [0.2, 0.25) is 0 Å². The highest BCUT2D eigenvalue weighted by molar-refractivity contribution is 5.80. The highest BCUT2D eigenvalue weighted by atomic mass is 16.5. The number of rotatable bonds is 4. The summed E-state index contributed by atoms with van der Waals surface area (Å²) in [6, 6.07) is 3.94. The van der Waals surface area contributed by atoms with Crippen molar-refractivity contribution in [1.29, 1.82) is 0 Å². The van der Waals surface area contributed by atoms with Gasteiger partial charge in [-0.3, -0.25) is 4.99 Å². The van der Waals surface area contributed by atoms with Gasteiger partial charge in [-0.2, -0.15) is 0 Å². The first kappa shape index (κ1) is 14.4. The smallest absolute Gasteiger partial charge is 0.193 e. The van der Waals surface area contributed by atoms with Gasteiger partial charge in [-0.05, 0) is 36.8 Å². The summed E-state index contributed by atoms with van der Waals surface area (Å²) < 4.78 is 10.9. The van der Waals surface area contributed by atoms with Crippen LogP contribution in [0.15, 0.2) is 27.8 Å². The second kappa shape index (κ2) is 6.98. The maximum atomic E-state index is 5.52. The summed E-state index contributed by atoms with van der Waals surface area (Å²) in [7, 11) is 1.86. The summed E-state index contributed by atoms with van der Waals surface area (Å²) in [5.41, 5.74) is 0. The molecule has 1 N–H and O–H groups in total. The average Bonchev–Trinajstić information content (AvgIpc) is 3.24. The first-order valence-electron chi connectivity index (χ1n) is 7.92. The van der Waals surface area contributed by atoms with E-state index >= 15 is 0 Å². The fourth-order valence-electron chi connectivity index (χ4n) is 3.37. The Balaban J connectivity index is 1.45. The Morgan fingerprint density at radius 3 is 3.10 bits per heavy atom. The number of hydrogen-bond acceptors (Lipinski definition) is 3. The molecule has 0 saturated carbocycles. The lowest BCUT2D eigenvalue weighted by Crippen LogP contribution is -2.41. The maximum absolute atomic E-state index is 5.52. The van der Waals surface area contributed by atoms with Crippen molar-refractivity contribution in [1.82, 2.24) is 10.2 Å². The third-order valence-electron chi connectivity index (χ3n) is 4.60. The third kappa shape index (κ3) is 3.59. The van der Waals surface area contributed by atoms with Gasteiger partial charge in [0.25, 0.3) is 0 Å². The number of nitrogens with one attached hydrogen (secondary N) is 1. The number of nitrogens with zero attached hydrogens (tertiary/aromatic N) is 2. The zero-order valence-electron chi connectivity index (χ0n) is 12.8. The van der Waals surface area contributed by atoms with Crippen molar-refractivity contribution in [3.05, 3.63) is 24.2 Å². The van der Waals surface area contributed by atoms with Crippen LogP contribution >= 0.6 is 0 Å². The molecule has 116 valence electrons. The topological polar surface area (TPSA) is 50.0 Å². The fraction of sp³-hybridized carbons (Fsp3) is 0.688. The molecule has 0 radical (unpaired) electrons. The van der Waals surface area contributed by atoms with Crippen LogP contribution in [0.4, 0.5) is 0 Å². The van der Waals surface area contributed by atoms with Crippen molar-refractivity contribution < 1.29 is 9.15 Å². The molecule has 0 amide bonds. The van der Waals surface area contributed by atoms with E-state index in [4.69, 9.17) is 9.15 Å². The van der Waals surface area contributed by atoms with Gasteiger partial charge in [0.15, 0.2) is 5.96 Å². The molecule has 2 atom stereocenters. The summed E-state index contributed by atoms with van der Waals surface area (Å²) in [6.45, 7) is 4.95. The van der Waals surface area contributed by atoms with Crippen molar-refractivity contribution >= 4 is 5.96 Å². The van der Waals surface area contributed by atoms with Crippen molar-refractivity contribution in [3.63, 3.8) is 0 Å². The van der Waals surface area contributed by atoms with Crippen molar-refractivity contribution in [2.24, 2.45) is 16.8 Å². The number of hydrogen-bond donors (Lipinski definition) is 1. The zero-order valence-corrected chi connectivity index (χ0v) is 12.8. The molecule has 5 heteroatoms. The van der Waals surface area contributed by atoms with Gasteiger partial charge >= 0.3 is 0 Å². The lowest BCUT2D eigenvalue weighted by Gasteiger charge is -2.22. The first-order valence-corrected chi connectivity index (χ1v) is 7.92. The molecule has 2 saturated heterocycles. The summed E-state index contributed by atoms with van der Waals surface area (Å²) >= 11 is 0. The van der Waals surface area contributed by atoms with Gasteiger partial charge < -0.3 is 19.4 Å². The SMILES string of the molecule is CN=C(NCCc1ccco1)N1CCC(C2CCOC2)C1. The highest BCUT2D eigenvalue weighted by Crippen LogP contribution is 2.29. The van der Waals surface area contributed by atoms with Crippen molar-refractivity contribution in [3.8, 4) is 0 Å². The van der Waals surface area contributed by atoms with Crippen LogP contribution in [0.25, 0.3) is 0 Å². The number of ether oxygens (including phenoxy) is 1. The molecule has 0 aliphatic carbocycles. The molecule has 3 rings (SSSR count). The van der Waals surface area contributed by atoms with E-state index in [1.54, 1.807) is 6.26 Å². The van der Waals surface area contributed by atoms with Gasteiger partial charge in [-0.15, -0.1) is 0 Å². The Morgan fingerprint density at radius 1 is 1.43 bits per heavy atom. The normalized spacial score (nSPS) is 26.5. The van der Waals surface area contributed by atoms with Crippen LogP contribution in [-0.2, 0) is 11.2 Å². The molecule has 2 aliphatic heterocycles. The highest BCUT2D eigenvalue weighted by Gasteiger charge is 2.32. The van der Waals surface area contributed by atoms with Crippen LogP contribution < -0.4 is 5.32 Å². The minimum atomic E-state index is 0.747. The van der Waals surface area contributed by atoms with E-state index in [1.165, 1.54) is 12.8 Å². The van der Waals surface area contributed by atoms with Crippen LogP contribution in [0.1, 0.15) is 18.6 Å². The zero-order chi connectivity index (χ0) is 14.5. The van der Waals surface area contributed by atoms with Crippen LogP contribution in [0.5, 0.6) is 0 Å². The monoisotopic (exact) mass is 291 g/mol. The van der Waals surface area contributed by atoms with Gasteiger partial charge in [0.1, 0.15) is 5.76 Å². The summed E-state index contributed by atoms with van der Waals surface area (Å²) in [6.07, 6.45) is 5.09. The second-order valence-corrected chi connectivity index (χ2v) is 5.92. The van der Waals surface area contributed by atoms with E-state index < -0.39 is 0 Å². The minimum absolute atomic E-state index is 0.747. The number of aliphatic imine (C=N–C) groups is 1. The fourth-order valence-corrected chi connectivity index (χ4v) is 3.37. The van der Waals surface area contributed by atoms with Gasteiger partial charge in [0, 0.05) is 46.3 Å². The number of guanidine groups is 1. The van der Waals surface area contributed by atoms with E-state index in [2.05, 4.69) is 15.2 Å². The molecule has 3 heterocycles. The maximum Gasteiger partial charge on any atom is 0.193 e. The quantitative estimate of drug-likeness (QED) is 0.678. The Hall–Kier alpha value is -1.49. The Kier molecular flexibility index (Phi) is 4.80. The summed E-state index contributed by atoms with van der Waals surface area (Å²) in [5, 5.41) is 3.45. The lowest BCUT2D eigenvalue weighted by molar-refractivity contribution is 0.173. The van der Waals surface area contributed by atoms with Crippen molar-refractivity contribution in [2.45, 2.75) is 19.3 Å². The van der Waals surface area contributed by atoms with Crippen molar-refractivity contribution in [2.75, 3.05) is 39.9 Å². The van der Waals surface area contributed by atoms with Gasteiger partial charge in [0.2, 0.25) is 0 Å². The van der Waals surface area contributed by atoms with E-state index in [1.807, 2.05) is 19.2 Å². The molecule has 2 fully saturated rings. The lowest BCUT2D eigenvalue weighted by atomic mass is 9.91. The largest absolute Gasteiger partial charge is 0.469 e. The minimum Gasteiger partial charge on any atom is -0.469 e. The summed E-state index contributed by atoms with van der Waals surface area (Å²) in [4.78, 5) is 6.80. The van der Waals surface area contributed by atoms with Crippen LogP contribution in [0.3, 0.4) is 0 Å². The number of furan rings is 1. The predicted octanol–water partition coefficient (Wildman–Crippen LogP) is 1.76. The molecule has 2 unspecified atom stereocenters. The van der Waals surface area contributed by atoms with Crippen LogP contribution in [0, 0.1) is 11.8 Å². The molecule has 1 aromatic rings. The molecule has 21 heavy (non-hydrogen) atoms. The molecule has 0 spiro atoms. The molecule has 0 aromatic carbocycles. The van der Waals surface area contributed by atoms with Gasteiger partial charge in [-0.25, -0.2) is 0 Å². The Morgan fingerprint density at radius 2 is 2.38 bits per heavy atom. The van der Waals surface area contributed by atoms with Gasteiger partial charge in [-0.1, -0.05) is 0 Å². The Labute approximate surface area is 126 Å². The predicted molar refractivity (Wildman–Crippen MR) is 82.4 cm³/mol. The Bertz CT molecular complexity index is 452. The molecule has 5 nitrogen and oxygen atoms in total. The standard InChI is InChI=1S/C16H25N3O2/c1-17-16(18-7-4-15-3-2-9-21-15)19-8-5-13(11-19)14-6-10-20-12-14/h2-3,9,13-14H,4-8,10-12H2,1H3,(H,17,18).